The Morgan fingerprint density at radius 3 is 2.35 bits per heavy atom. The van der Waals surface area contributed by atoms with Gasteiger partial charge < -0.3 is 10.1 Å². The van der Waals surface area contributed by atoms with Gasteiger partial charge in [-0.3, -0.25) is 0 Å². The van der Waals surface area contributed by atoms with Crippen molar-refractivity contribution in [3.8, 4) is 11.5 Å². The van der Waals surface area contributed by atoms with Gasteiger partial charge in [0, 0.05) is 24.2 Å². The number of nitrogens with one attached hydrogen (secondary N) is 1. The van der Waals surface area contributed by atoms with Crippen LogP contribution in [0.4, 0.5) is 8.78 Å². The predicted molar refractivity (Wildman–Crippen MR) is 75.0 cm³/mol. The van der Waals surface area contributed by atoms with E-state index < -0.39 is 11.6 Å². The lowest BCUT2D eigenvalue weighted by atomic mass is 10.0. The molecule has 0 heterocycles. The summed E-state index contributed by atoms with van der Waals surface area (Å²) < 4.78 is 31.7. The Labute approximate surface area is 117 Å². The molecule has 0 aliphatic carbocycles. The first-order valence-electron chi connectivity index (χ1n) is 6.53. The van der Waals surface area contributed by atoms with E-state index in [1.54, 1.807) is 6.07 Å². The molecule has 0 aliphatic rings. The van der Waals surface area contributed by atoms with Crippen molar-refractivity contribution in [3.05, 3.63) is 59.7 Å². The van der Waals surface area contributed by atoms with E-state index in [0.717, 1.165) is 30.2 Å². The number of ether oxygens (including phenoxy) is 1. The molecular formula is C16H17F2NO. The van der Waals surface area contributed by atoms with Crippen molar-refractivity contribution in [2.24, 2.45) is 0 Å². The van der Waals surface area contributed by atoms with Gasteiger partial charge in [-0.15, -0.1) is 0 Å². The molecule has 20 heavy (non-hydrogen) atoms. The van der Waals surface area contributed by atoms with Crippen molar-refractivity contribution in [1.82, 2.24) is 5.32 Å². The Hall–Kier alpha value is -1.94. The topological polar surface area (TPSA) is 21.3 Å². The van der Waals surface area contributed by atoms with E-state index in [4.69, 9.17) is 4.74 Å². The van der Waals surface area contributed by atoms with Crippen molar-refractivity contribution < 1.29 is 13.5 Å². The molecule has 2 rings (SSSR count). The second-order valence-electron chi connectivity index (χ2n) is 4.53. The third kappa shape index (κ3) is 3.54. The maximum absolute atomic E-state index is 13.1. The number of benzene rings is 2. The highest BCUT2D eigenvalue weighted by molar-refractivity contribution is 5.35. The van der Waals surface area contributed by atoms with Crippen molar-refractivity contribution in [1.29, 1.82) is 0 Å². The average Bonchev–Trinajstić information content (AvgIpc) is 2.39. The number of rotatable bonds is 5. The molecule has 106 valence electrons. The minimum atomic E-state index is -0.655. The van der Waals surface area contributed by atoms with Crippen LogP contribution in [0.1, 0.15) is 24.9 Å². The van der Waals surface area contributed by atoms with Crippen LogP contribution in [-0.2, 0) is 0 Å². The van der Waals surface area contributed by atoms with Crippen molar-refractivity contribution in [3.63, 3.8) is 0 Å². The van der Waals surface area contributed by atoms with Crippen LogP contribution in [0.2, 0.25) is 0 Å². The highest BCUT2D eigenvalue weighted by Crippen LogP contribution is 2.26. The summed E-state index contributed by atoms with van der Waals surface area (Å²) in [6, 6.07) is 10.8. The summed E-state index contributed by atoms with van der Waals surface area (Å²) in [5.41, 5.74) is 1.07. The van der Waals surface area contributed by atoms with E-state index in [0.29, 0.717) is 5.75 Å². The summed E-state index contributed by atoms with van der Waals surface area (Å²) in [5, 5.41) is 3.20. The molecule has 2 aromatic rings. The molecule has 1 N–H and O–H groups in total. The van der Waals surface area contributed by atoms with Crippen LogP contribution in [0.3, 0.4) is 0 Å². The van der Waals surface area contributed by atoms with Crippen molar-refractivity contribution in [2.45, 2.75) is 19.4 Å². The van der Waals surface area contributed by atoms with Gasteiger partial charge in [-0.1, -0.05) is 19.1 Å². The zero-order chi connectivity index (χ0) is 14.5. The fourth-order valence-electron chi connectivity index (χ4n) is 2.12. The van der Waals surface area contributed by atoms with Crippen LogP contribution in [-0.4, -0.2) is 7.05 Å². The number of hydrogen-bond donors (Lipinski definition) is 1. The smallest absolute Gasteiger partial charge is 0.133 e. The molecular weight excluding hydrogens is 260 g/mol. The second kappa shape index (κ2) is 6.48. The van der Waals surface area contributed by atoms with Crippen LogP contribution >= 0.6 is 0 Å². The van der Waals surface area contributed by atoms with Gasteiger partial charge in [-0.2, -0.15) is 0 Å². The normalized spacial score (nSPS) is 12.2. The Balaban J connectivity index is 2.23. The molecule has 1 unspecified atom stereocenters. The molecule has 0 radical (unpaired) electrons. The van der Waals surface area contributed by atoms with Crippen LogP contribution in [0.15, 0.2) is 42.5 Å². The molecule has 2 aromatic carbocycles. The lowest BCUT2D eigenvalue weighted by Gasteiger charge is -2.15. The SMILES string of the molecule is CCC(NC)c1cccc(Oc2cc(F)cc(F)c2)c1. The van der Waals surface area contributed by atoms with Gasteiger partial charge in [0.2, 0.25) is 0 Å². The van der Waals surface area contributed by atoms with Crippen LogP contribution in [0, 0.1) is 11.6 Å². The fraction of sp³-hybridized carbons (Fsp3) is 0.250. The quantitative estimate of drug-likeness (QED) is 0.873. The Morgan fingerprint density at radius 1 is 1.05 bits per heavy atom. The van der Waals surface area contributed by atoms with Crippen LogP contribution in [0.25, 0.3) is 0 Å². The summed E-state index contributed by atoms with van der Waals surface area (Å²) in [5.74, 6) is -0.603. The molecule has 0 aromatic heterocycles. The first kappa shape index (κ1) is 14.5. The van der Waals surface area contributed by atoms with Gasteiger partial charge in [0.15, 0.2) is 0 Å². The van der Waals surface area contributed by atoms with E-state index in [9.17, 15) is 8.78 Å². The van der Waals surface area contributed by atoms with Gasteiger partial charge in [-0.05, 0) is 31.2 Å². The fourth-order valence-corrected chi connectivity index (χ4v) is 2.12. The molecule has 0 fully saturated rings. The zero-order valence-electron chi connectivity index (χ0n) is 11.5. The minimum absolute atomic E-state index is 0.150. The first-order valence-corrected chi connectivity index (χ1v) is 6.53. The van der Waals surface area contributed by atoms with Gasteiger partial charge >= 0.3 is 0 Å². The average molecular weight is 277 g/mol. The Bertz CT molecular complexity index is 562. The zero-order valence-corrected chi connectivity index (χ0v) is 11.5. The highest BCUT2D eigenvalue weighted by atomic mass is 19.1. The lowest BCUT2D eigenvalue weighted by Crippen LogP contribution is -2.14. The Morgan fingerprint density at radius 2 is 1.75 bits per heavy atom. The van der Waals surface area contributed by atoms with E-state index in [-0.39, 0.29) is 11.8 Å². The van der Waals surface area contributed by atoms with Crippen LogP contribution < -0.4 is 10.1 Å². The maximum Gasteiger partial charge on any atom is 0.133 e. The summed E-state index contributed by atoms with van der Waals surface area (Å²) in [7, 11) is 1.89. The van der Waals surface area contributed by atoms with Crippen molar-refractivity contribution >= 4 is 0 Å². The monoisotopic (exact) mass is 277 g/mol. The molecule has 0 bridgehead atoms. The van der Waals surface area contributed by atoms with E-state index in [1.165, 1.54) is 0 Å². The standard InChI is InChI=1S/C16H17F2NO/c1-3-16(19-2)11-5-4-6-14(7-11)20-15-9-12(17)8-13(18)10-15/h4-10,16,19H,3H2,1-2H3. The minimum Gasteiger partial charge on any atom is -0.457 e. The van der Waals surface area contributed by atoms with Gasteiger partial charge in [0.25, 0.3) is 0 Å². The highest BCUT2D eigenvalue weighted by Gasteiger charge is 2.08. The molecule has 4 heteroatoms. The molecule has 0 spiro atoms. The third-order valence-electron chi connectivity index (χ3n) is 3.09. The molecule has 0 amide bonds. The maximum atomic E-state index is 13.1. The van der Waals surface area contributed by atoms with Crippen LogP contribution in [0.5, 0.6) is 11.5 Å². The summed E-state index contributed by atoms with van der Waals surface area (Å²) >= 11 is 0. The van der Waals surface area contributed by atoms with E-state index in [1.807, 2.05) is 25.2 Å². The second-order valence-corrected chi connectivity index (χ2v) is 4.53. The predicted octanol–water partition coefficient (Wildman–Crippen LogP) is 4.43. The number of hydrogen-bond acceptors (Lipinski definition) is 2. The summed E-state index contributed by atoms with van der Waals surface area (Å²) in [4.78, 5) is 0. The van der Waals surface area contributed by atoms with Crippen molar-refractivity contribution in [2.75, 3.05) is 7.05 Å². The Kier molecular flexibility index (Phi) is 4.69. The van der Waals surface area contributed by atoms with E-state index >= 15 is 0 Å². The van der Waals surface area contributed by atoms with E-state index in [2.05, 4.69) is 12.2 Å². The van der Waals surface area contributed by atoms with Gasteiger partial charge in [-0.25, -0.2) is 8.78 Å². The molecule has 0 aliphatic heterocycles. The number of halogens is 2. The summed E-state index contributed by atoms with van der Waals surface area (Å²) in [6.07, 6.45) is 0.939. The molecule has 0 saturated carbocycles. The molecule has 2 nitrogen and oxygen atoms in total. The molecule has 0 saturated heterocycles. The van der Waals surface area contributed by atoms with Gasteiger partial charge in [0.1, 0.15) is 23.1 Å². The summed E-state index contributed by atoms with van der Waals surface area (Å²) in [6.45, 7) is 2.08. The van der Waals surface area contributed by atoms with Gasteiger partial charge in [0.05, 0.1) is 0 Å². The lowest BCUT2D eigenvalue weighted by molar-refractivity contribution is 0.466. The molecule has 1 atom stereocenters. The largest absolute Gasteiger partial charge is 0.457 e. The first-order chi connectivity index (χ1) is 9.62. The third-order valence-corrected chi connectivity index (χ3v) is 3.09.